The molecule has 0 aromatic heterocycles. The van der Waals surface area contributed by atoms with E-state index >= 15 is 0 Å². The maximum atomic E-state index is 13.6. The number of carbonyl (C=O) groups is 2. The van der Waals surface area contributed by atoms with Crippen molar-refractivity contribution in [3.63, 3.8) is 0 Å². The molecular formula is C19H19ClFNO4. The summed E-state index contributed by atoms with van der Waals surface area (Å²) in [6.45, 7) is 3.79. The first-order chi connectivity index (χ1) is 12.3. The largest absolute Gasteiger partial charge is 0.452 e. The monoisotopic (exact) mass is 379 g/mol. The summed E-state index contributed by atoms with van der Waals surface area (Å²) in [6.07, 6.45) is 0.114. The Morgan fingerprint density at radius 2 is 1.85 bits per heavy atom. The molecule has 0 heterocycles. The third kappa shape index (κ3) is 6.13. The van der Waals surface area contributed by atoms with Crippen LogP contribution in [-0.4, -0.2) is 24.6 Å². The Bertz CT molecular complexity index is 778. The molecule has 0 aliphatic carbocycles. The van der Waals surface area contributed by atoms with Crippen molar-refractivity contribution in [2.24, 2.45) is 0 Å². The molecule has 0 saturated carbocycles. The van der Waals surface area contributed by atoms with Crippen molar-refractivity contribution >= 4 is 29.2 Å². The van der Waals surface area contributed by atoms with Crippen LogP contribution in [0, 0.1) is 5.82 Å². The highest BCUT2D eigenvalue weighted by Crippen LogP contribution is 2.18. The van der Waals surface area contributed by atoms with Gasteiger partial charge in [-0.25, -0.2) is 9.18 Å². The van der Waals surface area contributed by atoms with Crippen LogP contribution < -0.4 is 5.32 Å². The van der Waals surface area contributed by atoms with Crippen molar-refractivity contribution in [3.8, 4) is 0 Å². The third-order valence-electron chi connectivity index (χ3n) is 3.31. The summed E-state index contributed by atoms with van der Waals surface area (Å²) < 4.78 is 24.0. The van der Waals surface area contributed by atoms with Gasteiger partial charge in [0.15, 0.2) is 6.61 Å². The van der Waals surface area contributed by atoms with E-state index in [2.05, 4.69) is 5.32 Å². The summed E-state index contributed by atoms with van der Waals surface area (Å²) in [5.74, 6) is -1.97. The van der Waals surface area contributed by atoms with Crippen molar-refractivity contribution < 1.29 is 23.5 Å². The van der Waals surface area contributed by atoms with Crippen LogP contribution in [0.4, 0.5) is 10.1 Å². The number of benzene rings is 2. The quantitative estimate of drug-likeness (QED) is 0.732. The standard InChI is InChI=1S/C19H19ClFNO4/c1-12(2)25-10-13-3-5-14(6-4-13)19(24)26-11-18(23)22-17-8-7-15(20)9-16(17)21/h3-9,12H,10-11H2,1-2H3,(H,22,23). The van der Waals surface area contributed by atoms with Gasteiger partial charge in [-0.05, 0) is 49.7 Å². The molecule has 2 aromatic rings. The Kier molecular flexibility index (Phi) is 7.12. The lowest BCUT2D eigenvalue weighted by atomic mass is 10.1. The molecule has 2 rings (SSSR count). The molecule has 5 nitrogen and oxygen atoms in total. The van der Waals surface area contributed by atoms with E-state index in [-0.39, 0.29) is 16.8 Å². The molecule has 2 aromatic carbocycles. The molecule has 0 radical (unpaired) electrons. The first-order valence-corrected chi connectivity index (χ1v) is 8.35. The molecule has 0 aliphatic rings. The van der Waals surface area contributed by atoms with Gasteiger partial charge in [-0.15, -0.1) is 0 Å². The van der Waals surface area contributed by atoms with Gasteiger partial charge in [-0.1, -0.05) is 23.7 Å². The first-order valence-electron chi connectivity index (χ1n) is 7.97. The van der Waals surface area contributed by atoms with Crippen molar-refractivity contribution in [1.82, 2.24) is 0 Å². The third-order valence-corrected chi connectivity index (χ3v) is 3.55. The van der Waals surface area contributed by atoms with Crippen molar-refractivity contribution in [2.45, 2.75) is 26.6 Å². The highest BCUT2D eigenvalue weighted by atomic mass is 35.5. The molecule has 0 aliphatic heterocycles. The molecule has 1 N–H and O–H groups in total. The van der Waals surface area contributed by atoms with Crippen LogP contribution in [0.25, 0.3) is 0 Å². The number of halogens is 2. The average molecular weight is 380 g/mol. The van der Waals surface area contributed by atoms with Gasteiger partial charge in [0.25, 0.3) is 5.91 Å². The summed E-state index contributed by atoms with van der Waals surface area (Å²) in [7, 11) is 0. The SMILES string of the molecule is CC(C)OCc1ccc(C(=O)OCC(=O)Nc2ccc(Cl)cc2F)cc1. The van der Waals surface area contributed by atoms with E-state index in [0.717, 1.165) is 11.6 Å². The van der Waals surface area contributed by atoms with Crippen LogP contribution in [0.3, 0.4) is 0 Å². The Balaban J connectivity index is 1.84. The van der Waals surface area contributed by atoms with Gasteiger partial charge in [0.2, 0.25) is 0 Å². The predicted molar refractivity (Wildman–Crippen MR) is 96.7 cm³/mol. The van der Waals surface area contributed by atoms with Crippen LogP contribution in [0.1, 0.15) is 29.8 Å². The average Bonchev–Trinajstić information content (AvgIpc) is 2.60. The smallest absolute Gasteiger partial charge is 0.338 e. The van der Waals surface area contributed by atoms with Crippen molar-refractivity contribution in [1.29, 1.82) is 0 Å². The zero-order valence-corrected chi connectivity index (χ0v) is 15.2. The summed E-state index contributed by atoms with van der Waals surface area (Å²) in [6, 6.07) is 10.5. The Hall–Kier alpha value is -2.44. The minimum absolute atomic E-state index is 0.0371. The van der Waals surface area contributed by atoms with E-state index in [1.807, 2.05) is 13.8 Å². The number of nitrogens with one attached hydrogen (secondary N) is 1. The minimum atomic E-state index is -0.670. The second-order valence-corrected chi connectivity index (χ2v) is 6.24. The Morgan fingerprint density at radius 3 is 2.46 bits per heavy atom. The number of ether oxygens (including phenoxy) is 2. The molecular weight excluding hydrogens is 361 g/mol. The van der Waals surface area contributed by atoms with Gasteiger partial charge in [0.05, 0.1) is 24.0 Å². The molecule has 0 saturated heterocycles. The van der Waals surface area contributed by atoms with Crippen molar-refractivity contribution in [2.75, 3.05) is 11.9 Å². The summed E-state index contributed by atoms with van der Waals surface area (Å²) in [5, 5.41) is 2.53. The molecule has 26 heavy (non-hydrogen) atoms. The molecule has 0 bridgehead atoms. The lowest BCUT2D eigenvalue weighted by Gasteiger charge is -2.09. The van der Waals surface area contributed by atoms with E-state index in [1.165, 1.54) is 12.1 Å². The first kappa shape index (κ1) is 19.9. The van der Waals surface area contributed by atoms with E-state index in [9.17, 15) is 14.0 Å². The fourth-order valence-corrected chi connectivity index (χ4v) is 2.15. The van der Waals surface area contributed by atoms with Gasteiger partial charge >= 0.3 is 5.97 Å². The topological polar surface area (TPSA) is 64.6 Å². The van der Waals surface area contributed by atoms with Crippen molar-refractivity contribution in [3.05, 3.63) is 64.4 Å². The highest BCUT2D eigenvalue weighted by Gasteiger charge is 2.12. The fourth-order valence-electron chi connectivity index (χ4n) is 1.99. The number of esters is 1. The zero-order valence-electron chi connectivity index (χ0n) is 14.4. The van der Waals surface area contributed by atoms with E-state index in [4.69, 9.17) is 21.1 Å². The number of amides is 1. The number of hydrogen-bond donors (Lipinski definition) is 1. The van der Waals surface area contributed by atoms with Crippen LogP contribution >= 0.6 is 11.6 Å². The summed E-state index contributed by atoms with van der Waals surface area (Å²) in [4.78, 5) is 23.7. The lowest BCUT2D eigenvalue weighted by Crippen LogP contribution is -2.21. The second kappa shape index (κ2) is 9.31. The summed E-state index contributed by atoms with van der Waals surface area (Å²) >= 11 is 5.64. The number of anilines is 1. The second-order valence-electron chi connectivity index (χ2n) is 5.81. The van der Waals surface area contributed by atoms with Gasteiger partial charge < -0.3 is 14.8 Å². The van der Waals surface area contributed by atoms with Gasteiger partial charge in [0.1, 0.15) is 5.82 Å². The molecule has 7 heteroatoms. The highest BCUT2D eigenvalue weighted by molar-refractivity contribution is 6.30. The molecule has 138 valence electrons. The maximum absolute atomic E-state index is 13.6. The van der Waals surface area contributed by atoms with Crippen LogP contribution in [-0.2, 0) is 20.9 Å². The Labute approximate surface area is 156 Å². The predicted octanol–water partition coefficient (Wildman–Crippen LogP) is 4.20. The van der Waals surface area contributed by atoms with Gasteiger partial charge in [-0.3, -0.25) is 4.79 Å². The van der Waals surface area contributed by atoms with E-state index in [0.29, 0.717) is 12.2 Å². The molecule has 0 atom stereocenters. The van der Waals surface area contributed by atoms with Crippen LogP contribution in [0.5, 0.6) is 0 Å². The fraction of sp³-hybridized carbons (Fsp3) is 0.263. The molecule has 0 spiro atoms. The molecule has 0 unspecified atom stereocenters. The zero-order chi connectivity index (χ0) is 19.1. The van der Waals surface area contributed by atoms with Gasteiger partial charge in [0, 0.05) is 5.02 Å². The minimum Gasteiger partial charge on any atom is -0.452 e. The van der Waals surface area contributed by atoms with E-state index in [1.54, 1.807) is 24.3 Å². The maximum Gasteiger partial charge on any atom is 0.338 e. The summed E-state index contributed by atoms with van der Waals surface area (Å²) in [5.41, 5.74) is 1.19. The van der Waals surface area contributed by atoms with Crippen LogP contribution in [0.15, 0.2) is 42.5 Å². The normalized spacial score (nSPS) is 10.7. The molecule has 1 amide bonds. The number of rotatable bonds is 7. The molecule has 0 fully saturated rings. The lowest BCUT2D eigenvalue weighted by molar-refractivity contribution is -0.119. The van der Waals surface area contributed by atoms with Crippen LogP contribution in [0.2, 0.25) is 5.02 Å². The van der Waals surface area contributed by atoms with E-state index < -0.39 is 24.3 Å². The number of carbonyl (C=O) groups excluding carboxylic acids is 2. The Morgan fingerprint density at radius 1 is 1.15 bits per heavy atom. The number of hydrogen-bond acceptors (Lipinski definition) is 4. The van der Waals surface area contributed by atoms with Gasteiger partial charge in [-0.2, -0.15) is 0 Å².